The Kier molecular flexibility index (Phi) is 11.6. The van der Waals surface area contributed by atoms with Gasteiger partial charge in [-0.3, -0.25) is 9.79 Å². The minimum atomic E-state index is 0.109. The first-order valence-corrected chi connectivity index (χ1v) is 16.4. The number of likely N-dealkylation sites (tertiary alicyclic amines) is 1. The zero-order valence-corrected chi connectivity index (χ0v) is 26.2. The van der Waals surface area contributed by atoms with E-state index in [0.717, 1.165) is 80.5 Å². The van der Waals surface area contributed by atoms with E-state index in [-0.39, 0.29) is 5.92 Å². The van der Waals surface area contributed by atoms with Crippen LogP contribution in [0.3, 0.4) is 0 Å². The van der Waals surface area contributed by atoms with Crippen molar-refractivity contribution in [3.63, 3.8) is 0 Å². The highest BCUT2D eigenvalue weighted by molar-refractivity contribution is 6.06. The number of fused-ring (bicyclic) bond motifs is 1. The van der Waals surface area contributed by atoms with Crippen LogP contribution >= 0.6 is 0 Å². The lowest BCUT2D eigenvalue weighted by Gasteiger charge is -2.23. The van der Waals surface area contributed by atoms with Gasteiger partial charge in [-0.1, -0.05) is 44.5 Å². The second kappa shape index (κ2) is 15.1. The molecule has 4 rings (SSSR count). The van der Waals surface area contributed by atoms with Crippen LogP contribution in [0.2, 0.25) is 0 Å². The maximum Gasteiger partial charge on any atom is 0.166 e. The average Bonchev–Trinajstić information content (AvgIpc) is 3.16. The Morgan fingerprint density at radius 3 is 2.58 bits per heavy atom. The summed E-state index contributed by atoms with van der Waals surface area (Å²) in [5.41, 5.74) is 10.2. The van der Waals surface area contributed by atoms with Crippen molar-refractivity contribution in [2.24, 2.45) is 16.8 Å². The Morgan fingerprint density at radius 2 is 1.80 bits per heavy atom. The van der Waals surface area contributed by atoms with E-state index in [2.05, 4.69) is 68.0 Å². The van der Waals surface area contributed by atoms with Crippen LogP contribution in [0.5, 0.6) is 0 Å². The number of Topliss-reactive ketones (excluding diaryl/α,β-unsaturated/α-hetero) is 1. The summed E-state index contributed by atoms with van der Waals surface area (Å²) >= 11 is 0. The third kappa shape index (κ3) is 7.93. The summed E-state index contributed by atoms with van der Waals surface area (Å²) in [5, 5.41) is 0. The zero-order chi connectivity index (χ0) is 28.5. The first-order chi connectivity index (χ1) is 19.4. The molecule has 1 saturated heterocycles. The molecule has 2 aromatic carbocycles. The topological polar surface area (TPSA) is 32.7 Å². The van der Waals surface area contributed by atoms with Crippen LogP contribution in [-0.2, 0) is 25.7 Å². The molecule has 2 aliphatic rings. The molecular weight excluding hydrogens is 488 g/mol. The molecular formula is C37H54N2O. The van der Waals surface area contributed by atoms with Crippen molar-refractivity contribution >= 4 is 11.5 Å². The number of unbranched alkanes of at least 4 members (excludes halogenated alkanes) is 1. The van der Waals surface area contributed by atoms with Crippen molar-refractivity contribution < 1.29 is 4.79 Å². The number of carbonyl (C=O) groups is 1. The number of rotatable bonds is 10. The molecule has 1 aliphatic carbocycles. The molecule has 1 fully saturated rings. The molecule has 1 aliphatic heterocycles. The van der Waals surface area contributed by atoms with E-state index >= 15 is 0 Å². The number of hydrogen-bond donors (Lipinski definition) is 0. The van der Waals surface area contributed by atoms with Gasteiger partial charge in [0.2, 0.25) is 0 Å². The smallest absolute Gasteiger partial charge is 0.166 e. The molecule has 2 aromatic rings. The minimum absolute atomic E-state index is 0.109. The summed E-state index contributed by atoms with van der Waals surface area (Å²) in [5.74, 6) is 1.33. The number of benzene rings is 2. The highest BCUT2D eigenvalue weighted by atomic mass is 16.1. The van der Waals surface area contributed by atoms with Crippen LogP contribution in [0, 0.1) is 18.8 Å². The normalized spacial score (nSPS) is 20.9. The van der Waals surface area contributed by atoms with Gasteiger partial charge in [0, 0.05) is 24.2 Å². The number of aryl methyl sites for hydroxylation is 5. The van der Waals surface area contributed by atoms with Gasteiger partial charge in [0.1, 0.15) is 0 Å². The predicted molar refractivity (Wildman–Crippen MR) is 171 cm³/mol. The van der Waals surface area contributed by atoms with Gasteiger partial charge in [-0.05, 0) is 156 Å². The molecule has 0 bridgehead atoms. The van der Waals surface area contributed by atoms with Gasteiger partial charge in [0.25, 0.3) is 0 Å². The molecule has 0 radical (unpaired) electrons. The van der Waals surface area contributed by atoms with Crippen LogP contribution in [-0.4, -0.2) is 43.6 Å². The number of ketones is 1. The Hall–Kier alpha value is -2.26. The molecule has 1 heterocycles. The first-order valence-electron chi connectivity index (χ1n) is 16.4. The van der Waals surface area contributed by atoms with E-state index in [1.807, 2.05) is 7.05 Å². The SMILES string of the molecule is CCCCC(=NC)c1cc(C(=O)C2CCCc3cc(CCC4CCCN(C)CC4)ccc3CC2)c(C)cc1CC. The lowest BCUT2D eigenvalue weighted by atomic mass is 9.81. The molecule has 0 N–H and O–H groups in total. The standard InChI is InChI=1S/C37H54N2O/c1-6-8-14-36(38-4)35-26-34(27(3)24-30(35)7-2)37(40)32-12-9-13-33-25-29(17-18-31(33)19-20-32)16-15-28-11-10-22-39(5)23-21-28/h17-18,24-26,28,32H,6-16,19-23H2,1-5H3. The predicted octanol–water partition coefficient (Wildman–Crippen LogP) is 8.60. The Bertz CT molecular complexity index is 1160. The third-order valence-electron chi connectivity index (χ3n) is 9.76. The third-order valence-corrected chi connectivity index (χ3v) is 9.76. The molecule has 0 saturated carbocycles. The summed E-state index contributed by atoms with van der Waals surface area (Å²) in [7, 11) is 4.17. The highest BCUT2D eigenvalue weighted by Crippen LogP contribution is 2.30. The first kappa shape index (κ1) is 30.7. The number of nitrogens with zero attached hydrogens (tertiary/aromatic N) is 2. The van der Waals surface area contributed by atoms with Crippen LogP contribution in [0.25, 0.3) is 0 Å². The quantitative estimate of drug-likeness (QED) is 0.222. The number of hydrogen-bond acceptors (Lipinski definition) is 3. The molecule has 0 spiro atoms. The van der Waals surface area contributed by atoms with Crippen LogP contribution < -0.4 is 0 Å². The van der Waals surface area contributed by atoms with Crippen LogP contribution in [0.4, 0.5) is 0 Å². The van der Waals surface area contributed by atoms with E-state index in [0.29, 0.717) is 5.78 Å². The lowest BCUT2D eigenvalue weighted by Crippen LogP contribution is -2.20. The summed E-state index contributed by atoms with van der Waals surface area (Å²) in [6.07, 6.45) is 16.0. The number of aliphatic imine (C=N–C) groups is 1. The monoisotopic (exact) mass is 542 g/mol. The molecule has 2 atom stereocenters. The van der Waals surface area contributed by atoms with E-state index in [9.17, 15) is 4.79 Å². The summed E-state index contributed by atoms with van der Waals surface area (Å²) in [6, 6.07) is 11.7. The summed E-state index contributed by atoms with van der Waals surface area (Å²) in [6.45, 7) is 9.07. The van der Waals surface area contributed by atoms with Crippen LogP contribution in [0.1, 0.15) is 122 Å². The molecule has 0 amide bonds. The second-order valence-electron chi connectivity index (χ2n) is 12.7. The van der Waals surface area contributed by atoms with Gasteiger partial charge in [-0.2, -0.15) is 0 Å². The van der Waals surface area contributed by atoms with Gasteiger partial charge in [-0.25, -0.2) is 0 Å². The van der Waals surface area contributed by atoms with Gasteiger partial charge in [0.05, 0.1) is 0 Å². The number of carbonyl (C=O) groups excluding carboxylic acids is 1. The van der Waals surface area contributed by atoms with Crippen molar-refractivity contribution in [1.29, 1.82) is 0 Å². The minimum Gasteiger partial charge on any atom is -0.306 e. The maximum absolute atomic E-state index is 14.0. The molecule has 3 heteroatoms. The fraction of sp³-hybridized carbons (Fsp3) is 0.622. The Labute approximate surface area is 244 Å². The van der Waals surface area contributed by atoms with E-state index in [1.165, 1.54) is 73.0 Å². The van der Waals surface area contributed by atoms with E-state index in [1.54, 1.807) is 0 Å². The second-order valence-corrected chi connectivity index (χ2v) is 12.7. The molecule has 40 heavy (non-hydrogen) atoms. The van der Waals surface area contributed by atoms with Crippen molar-refractivity contribution in [2.75, 3.05) is 27.2 Å². The maximum atomic E-state index is 14.0. The van der Waals surface area contributed by atoms with Crippen LogP contribution in [0.15, 0.2) is 35.3 Å². The summed E-state index contributed by atoms with van der Waals surface area (Å²) in [4.78, 5) is 21.1. The van der Waals surface area contributed by atoms with Crippen molar-refractivity contribution in [1.82, 2.24) is 4.90 Å². The molecule has 218 valence electrons. The van der Waals surface area contributed by atoms with Crippen molar-refractivity contribution in [2.45, 2.75) is 111 Å². The largest absolute Gasteiger partial charge is 0.306 e. The molecule has 0 aromatic heterocycles. The van der Waals surface area contributed by atoms with Gasteiger partial charge < -0.3 is 4.90 Å². The van der Waals surface area contributed by atoms with E-state index in [4.69, 9.17) is 0 Å². The summed E-state index contributed by atoms with van der Waals surface area (Å²) < 4.78 is 0. The molecule has 2 unspecified atom stereocenters. The molecule has 3 nitrogen and oxygen atoms in total. The Morgan fingerprint density at radius 1 is 0.950 bits per heavy atom. The van der Waals surface area contributed by atoms with Crippen molar-refractivity contribution in [3.8, 4) is 0 Å². The lowest BCUT2D eigenvalue weighted by molar-refractivity contribution is 0.0903. The van der Waals surface area contributed by atoms with E-state index < -0.39 is 0 Å². The van der Waals surface area contributed by atoms with Gasteiger partial charge in [-0.15, -0.1) is 0 Å². The Balaban J connectivity index is 1.43. The van der Waals surface area contributed by atoms with Gasteiger partial charge >= 0.3 is 0 Å². The fourth-order valence-electron chi connectivity index (χ4n) is 7.08. The zero-order valence-electron chi connectivity index (χ0n) is 26.2. The van der Waals surface area contributed by atoms with Crippen molar-refractivity contribution in [3.05, 3.63) is 69.3 Å². The average molecular weight is 543 g/mol. The van der Waals surface area contributed by atoms with Gasteiger partial charge in [0.15, 0.2) is 5.78 Å². The highest BCUT2D eigenvalue weighted by Gasteiger charge is 2.25. The fourth-order valence-corrected chi connectivity index (χ4v) is 7.08.